The van der Waals surface area contributed by atoms with Gasteiger partial charge in [0.05, 0.1) is 0 Å². The number of hydrogen-bond acceptors (Lipinski definition) is 4. The van der Waals surface area contributed by atoms with E-state index in [-0.39, 0.29) is 19.7 Å². The van der Waals surface area contributed by atoms with Gasteiger partial charge in [-0.15, -0.1) is 0 Å². The second-order valence-electron chi connectivity index (χ2n) is 7.87. The standard InChI is InChI=1S/C21H23B3O4/c1-21(14-22)19-12-15(23-25-8-2-9-26-23)4-6-17(19)18-7-5-16(13-20(18)21)24-27-10-3-11-28-24/h4-7,12-14,22H,2-3,8-11H2,1H3. The van der Waals surface area contributed by atoms with Crippen LogP contribution in [-0.2, 0) is 24.0 Å². The molecule has 0 aromatic heterocycles. The van der Waals surface area contributed by atoms with Crippen LogP contribution in [0.25, 0.3) is 11.1 Å². The molecule has 2 aliphatic heterocycles. The summed E-state index contributed by atoms with van der Waals surface area (Å²) in [6.45, 7) is 5.19. The first kappa shape index (κ1) is 18.4. The molecule has 3 aliphatic rings. The van der Waals surface area contributed by atoms with Crippen molar-refractivity contribution in [1.82, 2.24) is 0 Å². The van der Waals surface area contributed by atoms with Crippen LogP contribution in [0.2, 0.25) is 0 Å². The van der Waals surface area contributed by atoms with Gasteiger partial charge in [0, 0.05) is 0 Å². The molecule has 0 saturated carbocycles. The first-order chi connectivity index (χ1) is 13.7. The van der Waals surface area contributed by atoms with E-state index in [1.807, 2.05) is 5.97 Å². The molecule has 2 fully saturated rings. The number of fused-ring (bicyclic) bond motifs is 3. The van der Waals surface area contributed by atoms with Gasteiger partial charge in [-0.3, -0.25) is 0 Å². The molecule has 140 valence electrons. The van der Waals surface area contributed by atoms with Gasteiger partial charge in [0.15, 0.2) is 0 Å². The molecule has 0 unspecified atom stereocenters. The van der Waals surface area contributed by atoms with E-state index < -0.39 is 0 Å². The third-order valence-corrected chi connectivity index (χ3v) is 6.10. The second-order valence-corrected chi connectivity index (χ2v) is 7.87. The zero-order valence-corrected chi connectivity index (χ0v) is 16.3. The van der Waals surface area contributed by atoms with Gasteiger partial charge < -0.3 is 0 Å². The van der Waals surface area contributed by atoms with Crippen molar-refractivity contribution in [3.63, 3.8) is 0 Å². The van der Waals surface area contributed by atoms with E-state index in [1.54, 1.807) is 0 Å². The Balaban J connectivity index is 1.56. The van der Waals surface area contributed by atoms with Crippen LogP contribution in [0.3, 0.4) is 0 Å². The van der Waals surface area contributed by atoms with E-state index in [0.717, 1.165) is 50.2 Å². The van der Waals surface area contributed by atoms with E-state index in [4.69, 9.17) is 18.6 Å². The minimum atomic E-state index is -0.281. The van der Waals surface area contributed by atoms with Gasteiger partial charge in [-0.05, 0) is 0 Å². The summed E-state index contributed by atoms with van der Waals surface area (Å²) in [6, 6.07) is 13.1. The SMILES string of the molecule is B=CC1(C)c2cc(B3OCCCO3)ccc2-c2ccc(B3OCCCO3)cc21. The maximum atomic E-state index is 5.82. The van der Waals surface area contributed by atoms with Gasteiger partial charge in [0.2, 0.25) is 0 Å². The van der Waals surface area contributed by atoms with Crippen molar-refractivity contribution in [1.29, 1.82) is 0 Å². The Bertz CT molecular complexity index is 837. The first-order valence-corrected chi connectivity index (χ1v) is 10.1. The summed E-state index contributed by atoms with van der Waals surface area (Å²) < 4.78 is 23.3. The zero-order chi connectivity index (χ0) is 19.1. The molecule has 0 bridgehead atoms. The van der Waals surface area contributed by atoms with Crippen LogP contribution in [0.4, 0.5) is 0 Å². The molecule has 1 aliphatic carbocycles. The summed E-state index contributed by atoms with van der Waals surface area (Å²) in [7, 11) is 3.61. The van der Waals surface area contributed by atoms with Crippen molar-refractivity contribution >= 4 is 38.6 Å². The van der Waals surface area contributed by atoms with Crippen LogP contribution < -0.4 is 10.9 Å². The number of benzene rings is 2. The summed E-state index contributed by atoms with van der Waals surface area (Å²) >= 11 is 0. The molecule has 2 saturated heterocycles. The Labute approximate surface area is 167 Å². The summed E-state index contributed by atoms with van der Waals surface area (Å²) in [5.41, 5.74) is 6.84. The molecule has 2 heterocycles. The van der Waals surface area contributed by atoms with Gasteiger partial charge >= 0.3 is 167 Å². The fraction of sp³-hybridized carbons (Fsp3) is 0.381. The second kappa shape index (κ2) is 7.31. The van der Waals surface area contributed by atoms with Crippen LogP contribution in [0.5, 0.6) is 0 Å². The van der Waals surface area contributed by atoms with Crippen molar-refractivity contribution in [2.75, 3.05) is 26.4 Å². The average molecular weight is 372 g/mol. The molecule has 0 atom stereocenters. The van der Waals surface area contributed by atoms with Crippen molar-refractivity contribution < 1.29 is 18.6 Å². The van der Waals surface area contributed by atoms with E-state index in [2.05, 4.69) is 50.8 Å². The van der Waals surface area contributed by atoms with Gasteiger partial charge in [-0.2, -0.15) is 0 Å². The first-order valence-electron chi connectivity index (χ1n) is 10.1. The van der Waals surface area contributed by atoms with E-state index in [9.17, 15) is 0 Å². The van der Waals surface area contributed by atoms with Gasteiger partial charge in [0.25, 0.3) is 0 Å². The van der Waals surface area contributed by atoms with Crippen LogP contribution in [-0.4, -0.2) is 54.1 Å². The minimum absolute atomic E-state index is 0.278. The Morgan fingerprint density at radius 2 is 1.21 bits per heavy atom. The van der Waals surface area contributed by atoms with Crippen LogP contribution in [0, 0.1) is 0 Å². The Morgan fingerprint density at radius 3 is 1.61 bits per heavy atom. The number of hydrogen-bond donors (Lipinski definition) is 0. The summed E-state index contributed by atoms with van der Waals surface area (Å²) in [5.74, 6) is 2.04. The van der Waals surface area contributed by atoms with Crippen molar-refractivity contribution in [3.05, 3.63) is 47.5 Å². The molecule has 2 aromatic carbocycles. The fourth-order valence-electron chi connectivity index (χ4n) is 4.47. The maximum absolute atomic E-state index is 5.82. The van der Waals surface area contributed by atoms with E-state index in [0.29, 0.717) is 0 Å². The molecule has 4 nitrogen and oxygen atoms in total. The molecule has 0 spiro atoms. The number of rotatable bonds is 3. The topological polar surface area (TPSA) is 36.9 Å². The van der Waals surface area contributed by atoms with E-state index in [1.165, 1.54) is 22.3 Å². The molecule has 0 radical (unpaired) electrons. The molecular formula is C21H23B3O4. The average Bonchev–Trinajstić information content (AvgIpc) is 3.03. The molecule has 0 N–H and O–H groups in total. The molecule has 0 amide bonds. The normalized spacial score (nSPS) is 20.6. The summed E-state index contributed by atoms with van der Waals surface area (Å²) in [6.07, 6.45) is 1.90. The third-order valence-electron chi connectivity index (χ3n) is 6.10. The van der Waals surface area contributed by atoms with Gasteiger partial charge in [-0.25, -0.2) is 0 Å². The van der Waals surface area contributed by atoms with Crippen LogP contribution >= 0.6 is 0 Å². The van der Waals surface area contributed by atoms with Crippen molar-refractivity contribution in [3.8, 4) is 11.1 Å². The molecule has 7 heteroatoms. The van der Waals surface area contributed by atoms with Crippen molar-refractivity contribution in [2.24, 2.45) is 0 Å². The van der Waals surface area contributed by atoms with Gasteiger partial charge in [0.1, 0.15) is 0 Å². The summed E-state index contributed by atoms with van der Waals surface area (Å²) in [4.78, 5) is 0. The fourth-order valence-corrected chi connectivity index (χ4v) is 4.47. The van der Waals surface area contributed by atoms with E-state index >= 15 is 0 Å². The zero-order valence-electron chi connectivity index (χ0n) is 16.3. The molecule has 5 rings (SSSR count). The van der Waals surface area contributed by atoms with Crippen LogP contribution in [0.15, 0.2) is 36.4 Å². The Kier molecular flexibility index (Phi) is 4.80. The summed E-state index contributed by atoms with van der Waals surface area (Å²) in [5, 5.41) is 0. The molecule has 2 aromatic rings. The Morgan fingerprint density at radius 1 is 0.786 bits per heavy atom. The predicted molar refractivity (Wildman–Crippen MR) is 115 cm³/mol. The van der Waals surface area contributed by atoms with Crippen LogP contribution in [0.1, 0.15) is 30.9 Å². The molecule has 28 heavy (non-hydrogen) atoms. The monoisotopic (exact) mass is 372 g/mol. The van der Waals surface area contributed by atoms with Gasteiger partial charge in [-0.1, -0.05) is 0 Å². The quantitative estimate of drug-likeness (QED) is 0.753. The third kappa shape index (κ3) is 2.93. The molecular weight excluding hydrogens is 349 g/mol. The predicted octanol–water partition coefficient (Wildman–Crippen LogP) is 0.940. The Hall–Kier alpha value is -1.66. The van der Waals surface area contributed by atoms with Crippen molar-refractivity contribution in [2.45, 2.75) is 25.2 Å².